The van der Waals surface area contributed by atoms with E-state index < -0.39 is 0 Å². The standard InChI is InChI=1S/C31H48/c1-5-8-19-31(20-9-6-2,29-21-23(4)25-15-10-12-17-27(25)29)30-22-24(14-7-3)26-16-11-13-18-28(26)30/h10-13,15-18,23-30H,5-9,14,19-22H2,1-4H3. The molecule has 2 saturated carbocycles. The van der Waals surface area contributed by atoms with Gasteiger partial charge in [-0.05, 0) is 78.4 Å². The molecule has 0 amide bonds. The minimum atomic E-state index is 0.524. The molecule has 0 aromatic rings. The van der Waals surface area contributed by atoms with Crippen LogP contribution in [0, 0.1) is 52.8 Å². The molecule has 0 heterocycles. The molecule has 0 saturated heterocycles. The van der Waals surface area contributed by atoms with Crippen LogP contribution >= 0.6 is 0 Å². The van der Waals surface area contributed by atoms with Gasteiger partial charge in [0.25, 0.3) is 0 Å². The highest BCUT2D eigenvalue weighted by molar-refractivity contribution is 5.24. The SMILES string of the molecule is CCCCC(CCCC)(C1CC(C)C2C=CC=CC21)C1CC(CCC)C2C=CC=CC21. The molecule has 0 aromatic carbocycles. The number of rotatable bonds is 10. The lowest BCUT2D eigenvalue weighted by atomic mass is 9.55. The van der Waals surface area contributed by atoms with Crippen molar-refractivity contribution in [3.63, 3.8) is 0 Å². The van der Waals surface area contributed by atoms with Crippen LogP contribution in [0.4, 0.5) is 0 Å². The first-order valence-electron chi connectivity index (χ1n) is 13.9. The van der Waals surface area contributed by atoms with E-state index in [0.717, 1.165) is 47.3 Å². The van der Waals surface area contributed by atoms with Crippen molar-refractivity contribution in [1.82, 2.24) is 0 Å². The van der Waals surface area contributed by atoms with Crippen LogP contribution in [0.25, 0.3) is 0 Å². The first kappa shape index (κ1) is 23.1. The fraction of sp³-hybridized carbons (Fsp3) is 0.742. The molecule has 0 aromatic heterocycles. The summed E-state index contributed by atoms with van der Waals surface area (Å²) >= 11 is 0. The Morgan fingerprint density at radius 2 is 1.16 bits per heavy atom. The fourth-order valence-electron chi connectivity index (χ4n) is 8.55. The molecule has 4 aliphatic carbocycles. The smallest absolute Gasteiger partial charge is 0.0131 e. The van der Waals surface area contributed by atoms with Crippen LogP contribution in [0.15, 0.2) is 48.6 Å². The molecule has 0 radical (unpaired) electrons. The zero-order valence-corrected chi connectivity index (χ0v) is 20.8. The van der Waals surface area contributed by atoms with Crippen molar-refractivity contribution in [2.75, 3.05) is 0 Å². The molecule has 2 fully saturated rings. The Hall–Kier alpha value is -1.04. The van der Waals surface area contributed by atoms with Gasteiger partial charge in [-0.25, -0.2) is 0 Å². The Bertz CT molecular complexity index is 683. The van der Waals surface area contributed by atoms with E-state index in [9.17, 15) is 0 Å². The van der Waals surface area contributed by atoms with Crippen LogP contribution in [-0.2, 0) is 0 Å². The van der Waals surface area contributed by atoms with Gasteiger partial charge in [0, 0.05) is 0 Å². The second-order valence-corrected chi connectivity index (χ2v) is 11.5. The van der Waals surface area contributed by atoms with Crippen molar-refractivity contribution in [3.05, 3.63) is 48.6 Å². The highest BCUT2D eigenvalue weighted by Gasteiger charge is 2.57. The summed E-state index contributed by atoms with van der Waals surface area (Å²) in [6, 6.07) is 0. The molecule has 8 atom stereocenters. The number of hydrogen-bond acceptors (Lipinski definition) is 0. The van der Waals surface area contributed by atoms with E-state index in [-0.39, 0.29) is 0 Å². The van der Waals surface area contributed by atoms with Crippen LogP contribution in [0.2, 0.25) is 0 Å². The van der Waals surface area contributed by atoms with Gasteiger partial charge >= 0.3 is 0 Å². The van der Waals surface area contributed by atoms with Gasteiger partial charge in [0.2, 0.25) is 0 Å². The monoisotopic (exact) mass is 420 g/mol. The summed E-state index contributed by atoms with van der Waals surface area (Å²) in [5.41, 5.74) is 0.524. The lowest BCUT2D eigenvalue weighted by molar-refractivity contribution is 0.00993. The van der Waals surface area contributed by atoms with E-state index >= 15 is 0 Å². The molecule has 0 bridgehead atoms. The van der Waals surface area contributed by atoms with Crippen LogP contribution in [0.1, 0.15) is 91.9 Å². The second-order valence-electron chi connectivity index (χ2n) is 11.5. The Morgan fingerprint density at radius 3 is 1.74 bits per heavy atom. The highest BCUT2D eigenvalue weighted by Crippen LogP contribution is 2.64. The number of unbranched alkanes of at least 4 members (excludes halogenated alkanes) is 2. The first-order chi connectivity index (χ1) is 15.2. The van der Waals surface area contributed by atoms with Crippen molar-refractivity contribution in [3.8, 4) is 0 Å². The Labute approximate surface area is 193 Å². The largest absolute Gasteiger partial charge is 0.0806 e. The highest BCUT2D eigenvalue weighted by atomic mass is 14.6. The van der Waals surface area contributed by atoms with Gasteiger partial charge in [0.1, 0.15) is 0 Å². The van der Waals surface area contributed by atoms with E-state index in [1.165, 1.54) is 64.2 Å². The van der Waals surface area contributed by atoms with E-state index in [1.807, 2.05) is 0 Å². The number of allylic oxidation sites excluding steroid dienone is 8. The van der Waals surface area contributed by atoms with Gasteiger partial charge in [-0.3, -0.25) is 0 Å². The summed E-state index contributed by atoms with van der Waals surface area (Å²) in [5.74, 6) is 6.63. The van der Waals surface area contributed by atoms with Gasteiger partial charge in [-0.2, -0.15) is 0 Å². The van der Waals surface area contributed by atoms with Crippen molar-refractivity contribution in [2.45, 2.75) is 91.9 Å². The predicted molar refractivity (Wildman–Crippen MR) is 136 cm³/mol. The van der Waals surface area contributed by atoms with Crippen LogP contribution < -0.4 is 0 Å². The molecule has 4 aliphatic rings. The van der Waals surface area contributed by atoms with E-state index in [4.69, 9.17) is 0 Å². The molecule has 8 unspecified atom stereocenters. The zero-order valence-electron chi connectivity index (χ0n) is 20.8. The maximum absolute atomic E-state index is 2.64. The van der Waals surface area contributed by atoms with Crippen molar-refractivity contribution in [2.24, 2.45) is 52.8 Å². The Morgan fingerprint density at radius 1 is 0.645 bits per heavy atom. The second kappa shape index (κ2) is 10.3. The average Bonchev–Trinajstić information content (AvgIpc) is 3.34. The van der Waals surface area contributed by atoms with Crippen molar-refractivity contribution >= 4 is 0 Å². The summed E-state index contributed by atoms with van der Waals surface area (Å²) in [6.07, 6.45) is 34.0. The van der Waals surface area contributed by atoms with Crippen LogP contribution in [0.5, 0.6) is 0 Å². The van der Waals surface area contributed by atoms with Gasteiger partial charge in [-0.15, -0.1) is 0 Å². The first-order valence-corrected chi connectivity index (χ1v) is 13.9. The van der Waals surface area contributed by atoms with Crippen LogP contribution in [-0.4, -0.2) is 0 Å². The Kier molecular flexibility index (Phi) is 7.66. The topological polar surface area (TPSA) is 0 Å². The van der Waals surface area contributed by atoms with Crippen LogP contribution in [0.3, 0.4) is 0 Å². The maximum Gasteiger partial charge on any atom is -0.0131 e. The zero-order chi connectivity index (χ0) is 21.8. The average molecular weight is 421 g/mol. The third-order valence-electron chi connectivity index (χ3n) is 9.89. The minimum Gasteiger partial charge on any atom is -0.0806 e. The summed E-state index contributed by atoms with van der Waals surface area (Å²) in [6.45, 7) is 9.77. The quantitative estimate of drug-likeness (QED) is 0.330. The number of hydrogen-bond donors (Lipinski definition) is 0. The molecule has 0 aliphatic heterocycles. The molecule has 172 valence electrons. The predicted octanol–water partition coefficient (Wildman–Crippen LogP) is 9.16. The normalized spacial score (nSPS) is 38.6. The maximum atomic E-state index is 2.64. The summed E-state index contributed by atoms with van der Waals surface area (Å²) < 4.78 is 0. The van der Waals surface area contributed by atoms with E-state index in [0.29, 0.717) is 5.41 Å². The van der Waals surface area contributed by atoms with Gasteiger partial charge in [-0.1, -0.05) is 115 Å². The van der Waals surface area contributed by atoms with Crippen molar-refractivity contribution in [1.29, 1.82) is 0 Å². The molecule has 0 N–H and O–H groups in total. The lowest BCUT2D eigenvalue weighted by Crippen LogP contribution is -2.42. The number of fused-ring (bicyclic) bond motifs is 2. The van der Waals surface area contributed by atoms with Gasteiger partial charge in [0.05, 0.1) is 0 Å². The molecule has 31 heavy (non-hydrogen) atoms. The Balaban J connectivity index is 1.74. The molecular formula is C31H48. The molecule has 4 rings (SSSR count). The van der Waals surface area contributed by atoms with Gasteiger partial charge in [0.15, 0.2) is 0 Å². The third-order valence-corrected chi connectivity index (χ3v) is 9.89. The summed E-state index contributed by atoms with van der Waals surface area (Å²) in [7, 11) is 0. The lowest BCUT2D eigenvalue weighted by Gasteiger charge is -2.49. The minimum absolute atomic E-state index is 0.524. The van der Waals surface area contributed by atoms with E-state index in [2.05, 4.69) is 76.3 Å². The molecule has 0 nitrogen and oxygen atoms in total. The molecular weight excluding hydrogens is 372 g/mol. The molecule has 0 spiro atoms. The molecule has 0 heteroatoms. The van der Waals surface area contributed by atoms with E-state index in [1.54, 1.807) is 0 Å². The summed E-state index contributed by atoms with van der Waals surface area (Å²) in [5, 5.41) is 0. The third kappa shape index (κ3) is 4.30. The summed E-state index contributed by atoms with van der Waals surface area (Å²) in [4.78, 5) is 0. The van der Waals surface area contributed by atoms with Gasteiger partial charge < -0.3 is 0 Å². The fourth-order valence-corrected chi connectivity index (χ4v) is 8.55. The van der Waals surface area contributed by atoms with Crippen molar-refractivity contribution < 1.29 is 0 Å².